The quantitative estimate of drug-likeness (QED) is 0.363. The highest BCUT2D eigenvalue weighted by Crippen LogP contribution is 2.36. The average molecular weight is 416 g/mol. The van der Waals surface area contributed by atoms with Crippen molar-refractivity contribution in [3.8, 4) is 39.3 Å². The first-order chi connectivity index (χ1) is 13.3. The Labute approximate surface area is 167 Å². The largest absolute Gasteiger partial charge is 0.496 e. The molecule has 27 heavy (non-hydrogen) atoms. The number of nitrogens with zero attached hydrogens (tertiary/aromatic N) is 1. The van der Waals surface area contributed by atoms with Crippen LogP contribution in [0.15, 0.2) is 95.6 Å². The molecular formula is C24H18BrNO. The Hall–Kier alpha value is -2.91. The summed E-state index contributed by atoms with van der Waals surface area (Å²) >= 11 is 3.61. The Morgan fingerprint density at radius 1 is 0.704 bits per heavy atom. The number of hydrogen-bond donors (Lipinski definition) is 0. The van der Waals surface area contributed by atoms with E-state index in [-0.39, 0.29) is 0 Å². The third kappa shape index (κ3) is 3.64. The zero-order valence-corrected chi connectivity index (χ0v) is 16.5. The van der Waals surface area contributed by atoms with E-state index in [1.54, 1.807) is 7.11 Å². The highest BCUT2D eigenvalue weighted by molar-refractivity contribution is 9.10. The Morgan fingerprint density at radius 2 is 1.41 bits per heavy atom. The molecule has 0 unspecified atom stereocenters. The van der Waals surface area contributed by atoms with Crippen molar-refractivity contribution in [2.45, 2.75) is 0 Å². The summed E-state index contributed by atoms with van der Waals surface area (Å²) in [4.78, 5) is 4.71. The van der Waals surface area contributed by atoms with Crippen LogP contribution in [0.4, 0.5) is 0 Å². The summed E-state index contributed by atoms with van der Waals surface area (Å²) in [5.41, 5.74) is 6.34. The summed E-state index contributed by atoms with van der Waals surface area (Å²) in [6, 6.07) is 28.9. The molecule has 0 atom stereocenters. The van der Waals surface area contributed by atoms with Crippen molar-refractivity contribution in [1.29, 1.82) is 0 Å². The lowest BCUT2D eigenvalue weighted by Crippen LogP contribution is -1.93. The molecule has 0 aliphatic rings. The maximum atomic E-state index is 5.67. The van der Waals surface area contributed by atoms with E-state index in [1.807, 2.05) is 36.5 Å². The zero-order valence-electron chi connectivity index (χ0n) is 14.9. The third-order valence-corrected chi connectivity index (χ3v) is 5.21. The minimum Gasteiger partial charge on any atom is -0.496 e. The van der Waals surface area contributed by atoms with E-state index in [0.717, 1.165) is 32.6 Å². The van der Waals surface area contributed by atoms with E-state index in [1.165, 1.54) is 11.1 Å². The summed E-state index contributed by atoms with van der Waals surface area (Å²) < 4.78 is 6.69. The van der Waals surface area contributed by atoms with Crippen LogP contribution in [0.25, 0.3) is 33.5 Å². The number of ether oxygens (including phenoxy) is 1. The molecule has 0 spiro atoms. The van der Waals surface area contributed by atoms with E-state index in [0.29, 0.717) is 0 Å². The van der Waals surface area contributed by atoms with Gasteiger partial charge in [-0.3, -0.25) is 4.98 Å². The van der Waals surface area contributed by atoms with E-state index < -0.39 is 0 Å². The van der Waals surface area contributed by atoms with Crippen LogP contribution >= 0.6 is 15.9 Å². The Morgan fingerprint density at radius 3 is 2.19 bits per heavy atom. The molecule has 0 fully saturated rings. The fraction of sp³-hybridized carbons (Fsp3) is 0.0417. The topological polar surface area (TPSA) is 22.1 Å². The smallest absolute Gasteiger partial charge is 0.130 e. The molecule has 132 valence electrons. The molecule has 4 aromatic rings. The molecule has 1 aromatic heterocycles. The maximum absolute atomic E-state index is 5.67. The van der Waals surface area contributed by atoms with Gasteiger partial charge in [-0.05, 0) is 23.3 Å². The minimum absolute atomic E-state index is 0.803. The van der Waals surface area contributed by atoms with Crippen LogP contribution in [0.2, 0.25) is 0 Å². The molecule has 0 N–H and O–H groups in total. The molecule has 1 heterocycles. The molecule has 0 aliphatic heterocycles. The second-order valence-corrected chi connectivity index (χ2v) is 7.05. The van der Waals surface area contributed by atoms with Gasteiger partial charge in [0.1, 0.15) is 5.75 Å². The summed E-state index contributed by atoms with van der Waals surface area (Å²) in [6.07, 6.45) is 1.88. The number of benzene rings is 3. The van der Waals surface area contributed by atoms with Crippen molar-refractivity contribution < 1.29 is 4.74 Å². The first-order valence-electron chi connectivity index (χ1n) is 8.71. The molecule has 0 aliphatic carbocycles. The van der Waals surface area contributed by atoms with Gasteiger partial charge < -0.3 is 4.74 Å². The van der Waals surface area contributed by atoms with E-state index in [9.17, 15) is 0 Å². The number of halogens is 1. The van der Waals surface area contributed by atoms with Crippen molar-refractivity contribution in [2.24, 2.45) is 0 Å². The molecule has 0 amide bonds. The summed E-state index contributed by atoms with van der Waals surface area (Å²) in [7, 11) is 1.69. The highest BCUT2D eigenvalue weighted by Gasteiger charge is 2.12. The molecule has 0 saturated carbocycles. The van der Waals surface area contributed by atoms with Crippen molar-refractivity contribution in [2.75, 3.05) is 7.11 Å². The number of aromatic nitrogens is 1. The van der Waals surface area contributed by atoms with Gasteiger partial charge in [0.2, 0.25) is 0 Å². The van der Waals surface area contributed by atoms with Crippen LogP contribution in [0.3, 0.4) is 0 Å². The lowest BCUT2D eigenvalue weighted by Gasteiger charge is -2.12. The lowest BCUT2D eigenvalue weighted by molar-refractivity contribution is 0.416. The molecule has 0 saturated heterocycles. The molecule has 2 nitrogen and oxygen atoms in total. The van der Waals surface area contributed by atoms with Gasteiger partial charge in [0.15, 0.2) is 0 Å². The van der Waals surface area contributed by atoms with Gasteiger partial charge in [-0.25, -0.2) is 0 Å². The average Bonchev–Trinajstić information content (AvgIpc) is 2.74. The fourth-order valence-electron chi connectivity index (χ4n) is 3.13. The number of hydrogen-bond acceptors (Lipinski definition) is 2. The predicted octanol–water partition coefficient (Wildman–Crippen LogP) is 6.85. The first-order valence-corrected chi connectivity index (χ1v) is 9.50. The van der Waals surface area contributed by atoms with Crippen LogP contribution < -0.4 is 4.74 Å². The van der Waals surface area contributed by atoms with Gasteiger partial charge in [-0.2, -0.15) is 0 Å². The van der Waals surface area contributed by atoms with Crippen LogP contribution in [0, 0.1) is 0 Å². The number of methoxy groups -OCH3 is 1. The number of rotatable bonds is 4. The first kappa shape index (κ1) is 17.5. The Balaban J connectivity index is 1.77. The SMILES string of the molecule is COc1cc(-c2cccc(-c3ccccc3)c2)ncc1-c1ccccc1Br. The zero-order chi connectivity index (χ0) is 18.6. The van der Waals surface area contributed by atoms with Crippen molar-refractivity contribution >= 4 is 15.9 Å². The van der Waals surface area contributed by atoms with Crippen LogP contribution in [0.1, 0.15) is 0 Å². The van der Waals surface area contributed by atoms with Crippen LogP contribution in [-0.2, 0) is 0 Å². The third-order valence-electron chi connectivity index (χ3n) is 4.52. The standard InChI is InChI=1S/C24H18BrNO/c1-27-24-15-23(26-16-21(24)20-12-5-6-13-22(20)25)19-11-7-10-18(14-19)17-8-3-2-4-9-17/h2-16H,1H3. The molecular weight excluding hydrogens is 398 g/mol. The minimum atomic E-state index is 0.803. The maximum Gasteiger partial charge on any atom is 0.130 e. The van der Waals surface area contributed by atoms with Crippen molar-refractivity contribution in [3.63, 3.8) is 0 Å². The van der Waals surface area contributed by atoms with Gasteiger partial charge >= 0.3 is 0 Å². The van der Waals surface area contributed by atoms with Crippen LogP contribution in [-0.4, -0.2) is 12.1 Å². The van der Waals surface area contributed by atoms with E-state index in [4.69, 9.17) is 9.72 Å². The Bertz CT molecular complexity index is 1080. The van der Waals surface area contributed by atoms with E-state index >= 15 is 0 Å². The lowest BCUT2D eigenvalue weighted by atomic mass is 10.0. The van der Waals surface area contributed by atoms with Gasteiger partial charge in [0.25, 0.3) is 0 Å². The predicted molar refractivity (Wildman–Crippen MR) is 115 cm³/mol. The normalized spacial score (nSPS) is 10.6. The molecule has 0 radical (unpaired) electrons. The molecule has 3 heteroatoms. The van der Waals surface area contributed by atoms with E-state index in [2.05, 4.69) is 70.5 Å². The molecule has 0 bridgehead atoms. The van der Waals surface area contributed by atoms with Crippen LogP contribution in [0.5, 0.6) is 5.75 Å². The summed E-state index contributed by atoms with van der Waals surface area (Å²) in [5.74, 6) is 0.803. The fourth-order valence-corrected chi connectivity index (χ4v) is 3.63. The van der Waals surface area contributed by atoms with Gasteiger partial charge in [0.05, 0.1) is 12.8 Å². The van der Waals surface area contributed by atoms with Gasteiger partial charge in [-0.15, -0.1) is 0 Å². The second kappa shape index (κ2) is 7.77. The highest BCUT2D eigenvalue weighted by atomic mass is 79.9. The van der Waals surface area contributed by atoms with Crippen molar-refractivity contribution in [1.82, 2.24) is 4.98 Å². The second-order valence-electron chi connectivity index (χ2n) is 6.20. The monoisotopic (exact) mass is 415 g/mol. The van der Waals surface area contributed by atoms with Gasteiger partial charge in [-0.1, -0.05) is 82.7 Å². The summed E-state index contributed by atoms with van der Waals surface area (Å²) in [6.45, 7) is 0. The molecule has 4 rings (SSSR count). The Kier molecular flexibility index (Phi) is 5.03. The summed E-state index contributed by atoms with van der Waals surface area (Å²) in [5, 5.41) is 0. The van der Waals surface area contributed by atoms with Crippen molar-refractivity contribution in [3.05, 3.63) is 95.6 Å². The molecule has 3 aromatic carbocycles. The van der Waals surface area contributed by atoms with Gasteiger partial charge in [0, 0.05) is 33.4 Å². The number of pyridine rings is 1.